The molecule has 0 spiro atoms. The van der Waals surface area contributed by atoms with Gasteiger partial charge in [0.1, 0.15) is 0 Å². The molecule has 18 heavy (non-hydrogen) atoms. The maximum atomic E-state index is 10.8. The summed E-state index contributed by atoms with van der Waals surface area (Å²) < 4.78 is 0. The highest BCUT2D eigenvalue weighted by Crippen LogP contribution is 2.26. The zero-order chi connectivity index (χ0) is 13.1. The van der Waals surface area contributed by atoms with Crippen LogP contribution in [0.5, 0.6) is 0 Å². The predicted octanol–water partition coefficient (Wildman–Crippen LogP) is 1.20. The fraction of sp³-hybridized carbons (Fsp3) is 0.500. The van der Waals surface area contributed by atoms with Crippen LogP contribution in [0.2, 0.25) is 0 Å². The molecule has 1 fully saturated rings. The largest absolute Gasteiger partial charge is 0.480 e. The number of hydrogen-bond acceptors (Lipinski definition) is 3. The van der Waals surface area contributed by atoms with E-state index in [4.69, 9.17) is 10.8 Å². The second-order valence-electron chi connectivity index (χ2n) is 5.19. The third-order valence-electron chi connectivity index (χ3n) is 3.47. The predicted molar refractivity (Wildman–Crippen MR) is 70.6 cm³/mol. The van der Waals surface area contributed by atoms with Crippen molar-refractivity contribution in [2.45, 2.75) is 25.3 Å². The molecule has 1 aromatic carbocycles. The number of carboxylic acids is 1. The van der Waals surface area contributed by atoms with Crippen LogP contribution >= 0.6 is 0 Å². The van der Waals surface area contributed by atoms with Gasteiger partial charge in [0.05, 0.1) is 6.54 Å². The van der Waals surface area contributed by atoms with E-state index in [1.54, 1.807) is 0 Å². The summed E-state index contributed by atoms with van der Waals surface area (Å²) in [5, 5.41) is 8.86. The molecule has 3 N–H and O–H groups in total. The molecule has 0 bridgehead atoms. The van der Waals surface area contributed by atoms with Crippen molar-refractivity contribution in [2.24, 2.45) is 5.73 Å². The van der Waals surface area contributed by atoms with Gasteiger partial charge in [0.2, 0.25) is 0 Å². The van der Waals surface area contributed by atoms with Gasteiger partial charge in [-0.15, -0.1) is 0 Å². The summed E-state index contributed by atoms with van der Waals surface area (Å²) in [5.74, 6) is -0.444. The van der Waals surface area contributed by atoms with E-state index < -0.39 is 5.97 Å². The summed E-state index contributed by atoms with van der Waals surface area (Å²) in [4.78, 5) is 12.7. The number of aliphatic carboxylic acids is 1. The summed E-state index contributed by atoms with van der Waals surface area (Å²) in [6, 6.07) is 8.49. The number of rotatable bonds is 3. The molecule has 1 aliphatic rings. The topological polar surface area (TPSA) is 66.6 Å². The summed E-state index contributed by atoms with van der Waals surface area (Å²) in [6.07, 6.45) is 0.930. The molecule has 4 nitrogen and oxygen atoms in total. The van der Waals surface area contributed by atoms with Crippen molar-refractivity contribution in [3.63, 3.8) is 0 Å². The summed E-state index contributed by atoms with van der Waals surface area (Å²) in [7, 11) is 0. The van der Waals surface area contributed by atoms with Gasteiger partial charge in [-0.05, 0) is 24.8 Å². The maximum absolute atomic E-state index is 10.8. The van der Waals surface area contributed by atoms with Crippen molar-refractivity contribution in [3.05, 3.63) is 35.4 Å². The second-order valence-corrected chi connectivity index (χ2v) is 5.19. The summed E-state index contributed by atoms with van der Waals surface area (Å²) in [5.41, 5.74) is 8.52. The molecule has 1 heterocycles. The Morgan fingerprint density at radius 2 is 2.06 bits per heavy atom. The lowest BCUT2D eigenvalue weighted by Gasteiger charge is -2.35. The van der Waals surface area contributed by atoms with E-state index >= 15 is 0 Å². The fourth-order valence-electron chi connectivity index (χ4n) is 2.63. The first-order valence-electron chi connectivity index (χ1n) is 6.31. The number of carboxylic acid groups (broad SMARTS) is 1. The van der Waals surface area contributed by atoms with Gasteiger partial charge in [0, 0.05) is 19.1 Å². The van der Waals surface area contributed by atoms with Crippen LogP contribution in [0.3, 0.4) is 0 Å². The lowest BCUT2D eigenvalue weighted by atomic mass is 9.88. The van der Waals surface area contributed by atoms with Crippen molar-refractivity contribution in [1.29, 1.82) is 0 Å². The minimum absolute atomic E-state index is 0.0596. The first-order chi connectivity index (χ1) is 8.54. The number of likely N-dealkylation sites (tertiary alicyclic amines) is 1. The van der Waals surface area contributed by atoms with Crippen molar-refractivity contribution >= 4 is 5.97 Å². The molecule has 4 heteroatoms. The quantitative estimate of drug-likeness (QED) is 0.843. The number of nitrogens with two attached hydrogens (primary N) is 1. The first-order valence-corrected chi connectivity index (χ1v) is 6.31. The number of piperidine rings is 1. The molecule has 1 aliphatic heterocycles. The van der Waals surface area contributed by atoms with Gasteiger partial charge in [-0.1, -0.05) is 29.8 Å². The first kappa shape index (κ1) is 13.1. The van der Waals surface area contributed by atoms with Crippen LogP contribution in [-0.4, -0.2) is 41.7 Å². The van der Waals surface area contributed by atoms with Gasteiger partial charge in [0.25, 0.3) is 0 Å². The highest BCUT2D eigenvalue weighted by Gasteiger charge is 2.27. The van der Waals surface area contributed by atoms with E-state index in [-0.39, 0.29) is 12.6 Å². The Balaban J connectivity index is 2.08. The molecule has 2 unspecified atom stereocenters. The Morgan fingerprint density at radius 3 is 2.67 bits per heavy atom. The molecular formula is C14H20N2O2. The van der Waals surface area contributed by atoms with Crippen LogP contribution in [-0.2, 0) is 4.79 Å². The fourth-order valence-corrected chi connectivity index (χ4v) is 2.63. The van der Waals surface area contributed by atoms with Gasteiger partial charge >= 0.3 is 5.97 Å². The molecule has 2 atom stereocenters. The number of benzene rings is 1. The third-order valence-corrected chi connectivity index (χ3v) is 3.47. The minimum atomic E-state index is -0.785. The molecule has 1 saturated heterocycles. The van der Waals surface area contributed by atoms with Gasteiger partial charge < -0.3 is 10.8 Å². The molecule has 0 saturated carbocycles. The van der Waals surface area contributed by atoms with E-state index in [9.17, 15) is 4.79 Å². The Morgan fingerprint density at radius 1 is 1.39 bits per heavy atom. The molecule has 0 radical (unpaired) electrons. The summed E-state index contributed by atoms with van der Waals surface area (Å²) in [6.45, 7) is 3.60. The molecule has 0 aromatic heterocycles. The highest BCUT2D eigenvalue weighted by atomic mass is 16.4. The van der Waals surface area contributed by atoms with Crippen LogP contribution in [0.1, 0.15) is 23.5 Å². The highest BCUT2D eigenvalue weighted by molar-refractivity contribution is 5.69. The second kappa shape index (κ2) is 5.50. The monoisotopic (exact) mass is 248 g/mol. The van der Waals surface area contributed by atoms with Crippen molar-refractivity contribution < 1.29 is 9.90 Å². The van der Waals surface area contributed by atoms with Gasteiger partial charge in [-0.25, -0.2) is 0 Å². The smallest absolute Gasteiger partial charge is 0.317 e. The number of nitrogens with zero attached hydrogens (tertiary/aromatic N) is 1. The van der Waals surface area contributed by atoms with Gasteiger partial charge in [0.15, 0.2) is 0 Å². The molecule has 0 aliphatic carbocycles. The van der Waals surface area contributed by atoms with Crippen LogP contribution in [0, 0.1) is 6.92 Å². The molecule has 1 aromatic rings. The Bertz CT molecular complexity index is 416. The zero-order valence-electron chi connectivity index (χ0n) is 10.7. The van der Waals surface area contributed by atoms with E-state index in [2.05, 4.69) is 31.2 Å². The lowest BCUT2D eigenvalue weighted by molar-refractivity contribution is -0.138. The third kappa shape index (κ3) is 3.31. The van der Waals surface area contributed by atoms with E-state index in [0.29, 0.717) is 12.5 Å². The number of aryl methyl sites for hydroxylation is 1. The molecule has 0 amide bonds. The molecule has 98 valence electrons. The van der Waals surface area contributed by atoms with Gasteiger partial charge in [-0.2, -0.15) is 0 Å². The standard InChI is InChI=1S/C14H20N2O2/c1-10-2-4-11(5-3-10)12-6-13(15)8-16(7-12)9-14(17)18/h2-5,12-13H,6-9,15H2,1H3,(H,17,18). The normalized spacial score (nSPS) is 25.0. The van der Waals surface area contributed by atoms with Crippen molar-refractivity contribution in [3.8, 4) is 0 Å². The van der Waals surface area contributed by atoms with Crippen molar-refractivity contribution in [1.82, 2.24) is 4.90 Å². The van der Waals surface area contributed by atoms with E-state index in [0.717, 1.165) is 13.0 Å². The minimum Gasteiger partial charge on any atom is -0.480 e. The average molecular weight is 248 g/mol. The Labute approximate surface area is 107 Å². The number of carbonyl (C=O) groups is 1. The van der Waals surface area contributed by atoms with E-state index in [1.165, 1.54) is 11.1 Å². The molecule has 2 rings (SSSR count). The summed E-state index contributed by atoms with van der Waals surface area (Å²) >= 11 is 0. The van der Waals surface area contributed by atoms with E-state index in [1.807, 2.05) is 4.90 Å². The van der Waals surface area contributed by atoms with Crippen LogP contribution < -0.4 is 5.73 Å². The molecular weight excluding hydrogens is 228 g/mol. The lowest BCUT2D eigenvalue weighted by Crippen LogP contribution is -2.47. The van der Waals surface area contributed by atoms with Crippen LogP contribution in [0.15, 0.2) is 24.3 Å². The SMILES string of the molecule is Cc1ccc(C2CC(N)CN(CC(=O)O)C2)cc1. The average Bonchev–Trinajstić information content (AvgIpc) is 2.28. The van der Waals surface area contributed by atoms with Crippen LogP contribution in [0.4, 0.5) is 0 Å². The maximum Gasteiger partial charge on any atom is 0.317 e. The van der Waals surface area contributed by atoms with Gasteiger partial charge in [-0.3, -0.25) is 9.69 Å². The Kier molecular flexibility index (Phi) is 3.99. The van der Waals surface area contributed by atoms with Crippen LogP contribution in [0.25, 0.3) is 0 Å². The zero-order valence-corrected chi connectivity index (χ0v) is 10.7. The van der Waals surface area contributed by atoms with Crippen molar-refractivity contribution in [2.75, 3.05) is 19.6 Å². The number of hydrogen-bond donors (Lipinski definition) is 2. The Hall–Kier alpha value is -1.39.